The fourth-order valence-electron chi connectivity index (χ4n) is 5.13. The van der Waals surface area contributed by atoms with Crippen molar-refractivity contribution in [3.05, 3.63) is 80.6 Å². The van der Waals surface area contributed by atoms with Crippen LogP contribution in [0.15, 0.2) is 42.6 Å². The lowest BCUT2D eigenvalue weighted by atomic mass is 9.97. The Labute approximate surface area is 245 Å². The second-order valence-electron chi connectivity index (χ2n) is 10.3. The van der Waals surface area contributed by atoms with Crippen LogP contribution in [0.25, 0.3) is 0 Å². The van der Waals surface area contributed by atoms with Crippen molar-refractivity contribution in [3.63, 3.8) is 0 Å². The van der Waals surface area contributed by atoms with Crippen LogP contribution in [0.3, 0.4) is 0 Å². The Morgan fingerprint density at radius 3 is 2.63 bits per heavy atom. The molecular weight excluding hydrogens is 580 g/mol. The molecule has 1 spiro atoms. The molecule has 1 aromatic heterocycles. The summed E-state index contributed by atoms with van der Waals surface area (Å²) in [6.07, 6.45) is -2.54. The van der Waals surface area contributed by atoms with Gasteiger partial charge in [-0.05, 0) is 50.2 Å². The van der Waals surface area contributed by atoms with Gasteiger partial charge in [-0.1, -0.05) is 23.2 Å². The van der Waals surface area contributed by atoms with Crippen molar-refractivity contribution in [3.8, 4) is 11.5 Å². The van der Waals surface area contributed by atoms with Gasteiger partial charge in [0.1, 0.15) is 17.6 Å². The summed E-state index contributed by atoms with van der Waals surface area (Å²) in [7, 11) is 0. The Morgan fingerprint density at radius 2 is 1.93 bits per heavy atom. The van der Waals surface area contributed by atoms with Gasteiger partial charge in [0, 0.05) is 60.1 Å². The number of ether oxygens (including phenoxy) is 3. The van der Waals surface area contributed by atoms with Crippen LogP contribution < -0.4 is 15.2 Å². The minimum absolute atomic E-state index is 0.181. The van der Waals surface area contributed by atoms with Gasteiger partial charge in [0.25, 0.3) is 0 Å². The zero-order chi connectivity index (χ0) is 29.5. The van der Waals surface area contributed by atoms with E-state index in [0.717, 1.165) is 5.56 Å². The maximum absolute atomic E-state index is 12.8. The number of halogens is 5. The van der Waals surface area contributed by atoms with Crippen molar-refractivity contribution in [2.45, 2.75) is 51.4 Å². The fraction of sp³-hybridized carbons (Fsp3) is 0.379. The summed E-state index contributed by atoms with van der Waals surface area (Å²) in [4.78, 5) is 5.52. The van der Waals surface area contributed by atoms with Gasteiger partial charge in [0.15, 0.2) is 0 Å². The smallest absolute Gasteiger partial charge is 0.401 e. The number of rotatable bonds is 6. The lowest BCUT2D eigenvalue weighted by Gasteiger charge is -2.44. The Bertz CT molecular complexity index is 1480. The van der Waals surface area contributed by atoms with Crippen LogP contribution in [0.2, 0.25) is 10.0 Å². The Balaban J connectivity index is 1.30. The van der Waals surface area contributed by atoms with E-state index in [-0.39, 0.29) is 25.4 Å². The molecule has 12 heteroatoms. The van der Waals surface area contributed by atoms with Crippen molar-refractivity contribution in [2.75, 3.05) is 25.4 Å². The van der Waals surface area contributed by atoms with E-state index in [4.69, 9.17) is 48.6 Å². The quantitative estimate of drug-likeness (QED) is 0.229. The number of likely N-dealkylation sites (tertiary alicyclic amines) is 1. The largest absolute Gasteiger partial charge is 0.486 e. The fourth-order valence-corrected chi connectivity index (χ4v) is 5.78. The SMILES string of the molecule is Cc1ncc(Cl)c([C@@H](C)Oc2ccc(N)c(C(=N)c3ccc4c(c3)COC3(CCN(CC(F)(F)F)CC3)O4)c2)c1Cl. The highest BCUT2D eigenvalue weighted by molar-refractivity contribution is 6.36. The van der Waals surface area contributed by atoms with Crippen LogP contribution in [-0.2, 0) is 11.3 Å². The number of benzene rings is 2. The van der Waals surface area contributed by atoms with Crippen LogP contribution in [0.1, 0.15) is 53.8 Å². The van der Waals surface area contributed by atoms with Crippen LogP contribution >= 0.6 is 23.2 Å². The van der Waals surface area contributed by atoms with Crippen molar-refractivity contribution >= 4 is 34.6 Å². The topological polar surface area (TPSA) is 93.7 Å². The predicted octanol–water partition coefficient (Wildman–Crippen LogP) is 7.10. The highest BCUT2D eigenvalue weighted by Gasteiger charge is 2.43. The van der Waals surface area contributed by atoms with Crippen LogP contribution in [-0.4, -0.2) is 47.2 Å². The highest BCUT2D eigenvalue weighted by atomic mass is 35.5. The molecular formula is C29H29Cl2F3N4O3. The van der Waals surface area contributed by atoms with Gasteiger partial charge in [-0.15, -0.1) is 0 Å². The zero-order valence-electron chi connectivity index (χ0n) is 22.4. The number of hydrogen-bond donors (Lipinski definition) is 2. The van der Waals surface area contributed by atoms with Gasteiger partial charge >= 0.3 is 6.18 Å². The van der Waals surface area contributed by atoms with Crippen molar-refractivity contribution in [1.82, 2.24) is 9.88 Å². The number of nitrogen functional groups attached to an aromatic ring is 1. The second-order valence-corrected chi connectivity index (χ2v) is 11.1. The second kappa shape index (κ2) is 11.3. The molecule has 1 saturated heterocycles. The molecule has 0 aliphatic carbocycles. The van der Waals surface area contributed by atoms with E-state index in [1.54, 1.807) is 43.3 Å². The number of nitrogens with two attached hydrogens (primary N) is 1. The normalized spacial score (nSPS) is 17.5. The first kappa shape index (κ1) is 29.4. The summed E-state index contributed by atoms with van der Waals surface area (Å²) in [6, 6.07) is 10.4. The first-order valence-corrected chi connectivity index (χ1v) is 13.8. The Morgan fingerprint density at radius 1 is 1.20 bits per heavy atom. The molecule has 1 fully saturated rings. The van der Waals surface area contributed by atoms with Gasteiger partial charge in [-0.25, -0.2) is 0 Å². The monoisotopic (exact) mass is 608 g/mol. The van der Waals surface area contributed by atoms with Gasteiger partial charge < -0.3 is 19.9 Å². The van der Waals surface area contributed by atoms with E-state index in [1.807, 2.05) is 6.92 Å². The van der Waals surface area contributed by atoms with E-state index in [0.29, 0.717) is 62.5 Å². The lowest BCUT2D eigenvalue weighted by molar-refractivity contribution is -0.234. The zero-order valence-corrected chi connectivity index (χ0v) is 24.0. The number of piperidine rings is 1. The number of nitrogens with one attached hydrogen (secondary N) is 1. The molecule has 0 radical (unpaired) electrons. The number of hydrogen-bond acceptors (Lipinski definition) is 7. The molecule has 0 saturated carbocycles. The minimum atomic E-state index is -4.24. The first-order valence-electron chi connectivity index (χ1n) is 13.0. The maximum Gasteiger partial charge on any atom is 0.401 e. The number of pyridine rings is 1. The van der Waals surface area contributed by atoms with Crippen molar-refractivity contribution in [2.24, 2.45) is 0 Å². The predicted molar refractivity (Wildman–Crippen MR) is 151 cm³/mol. The van der Waals surface area contributed by atoms with Gasteiger partial charge in [-0.3, -0.25) is 15.3 Å². The molecule has 3 N–H and O–H groups in total. The standard InChI is InChI=1S/C29H29Cl2F3N4O3/c1-16-26(31)25(22(30)13-37-16)17(2)40-20-4-5-23(35)21(12-20)27(36)18-3-6-24-19(11-18)14-39-28(41-24)7-9-38(10-8-28)15-29(32,33)34/h3-6,11-13,17,36H,7-10,14-15,35H2,1-2H3/t17-/m1/s1. The first-order chi connectivity index (χ1) is 19.3. The third-order valence-corrected chi connectivity index (χ3v) is 8.13. The number of fused-ring (bicyclic) bond motifs is 1. The summed E-state index contributed by atoms with van der Waals surface area (Å²) in [5.74, 6) is 0.129. The average Bonchev–Trinajstić information content (AvgIpc) is 2.92. The molecule has 1 atom stereocenters. The van der Waals surface area contributed by atoms with E-state index >= 15 is 0 Å². The van der Waals surface area contributed by atoms with E-state index in [1.165, 1.54) is 11.1 Å². The molecule has 0 bridgehead atoms. The molecule has 0 unspecified atom stereocenters. The third kappa shape index (κ3) is 6.40. The maximum atomic E-state index is 12.8. The number of nitrogens with zero attached hydrogens (tertiary/aromatic N) is 2. The summed E-state index contributed by atoms with van der Waals surface area (Å²) in [5, 5.41) is 9.71. The molecule has 41 heavy (non-hydrogen) atoms. The molecule has 0 amide bonds. The van der Waals surface area contributed by atoms with Crippen LogP contribution in [0, 0.1) is 12.3 Å². The average molecular weight is 609 g/mol. The van der Waals surface area contributed by atoms with E-state index < -0.39 is 24.6 Å². The van der Waals surface area contributed by atoms with Crippen LogP contribution in [0.4, 0.5) is 18.9 Å². The number of alkyl halides is 3. The highest BCUT2D eigenvalue weighted by Crippen LogP contribution is 2.39. The Hall–Kier alpha value is -3.05. The summed E-state index contributed by atoms with van der Waals surface area (Å²) in [5.41, 5.74) is 9.90. The van der Waals surface area contributed by atoms with Crippen LogP contribution in [0.5, 0.6) is 11.5 Å². The lowest BCUT2D eigenvalue weighted by Crippen LogP contribution is -2.52. The van der Waals surface area contributed by atoms with Gasteiger partial charge in [0.2, 0.25) is 5.79 Å². The van der Waals surface area contributed by atoms with Gasteiger partial charge in [0.05, 0.1) is 34.6 Å². The van der Waals surface area contributed by atoms with Crippen molar-refractivity contribution in [1.29, 1.82) is 5.41 Å². The molecule has 2 aliphatic heterocycles. The molecule has 5 rings (SSSR count). The van der Waals surface area contributed by atoms with Gasteiger partial charge in [-0.2, -0.15) is 13.2 Å². The Kier molecular flexibility index (Phi) is 8.13. The molecule has 2 aromatic carbocycles. The minimum Gasteiger partial charge on any atom is -0.486 e. The molecule has 2 aliphatic rings. The summed E-state index contributed by atoms with van der Waals surface area (Å²) < 4.78 is 56.6. The summed E-state index contributed by atoms with van der Waals surface area (Å²) in [6.45, 7) is 3.35. The summed E-state index contributed by atoms with van der Waals surface area (Å²) >= 11 is 12.8. The molecule has 3 aromatic rings. The number of aromatic nitrogens is 1. The van der Waals surface area contributed by atoms with E-state index in [2.05, 4.69) is 4.98 Å². The molecule has 3 heterocycles. The number of aryl methyl sites for hydroxylation is 1. The van der Waals surface area contributed by atoms with Crippen molar-refractivity contribution < 1.29 is 27.4 Å². The third-order valence-electron chi connectivity index (χ3n) is 7.35. The number of anilines is 1. The molecule has 218 valence electrons. The molecule has 7 nitrogen and oxygen atoms in total. The van der Waals surface area contributed by atoms with E-state index in [9.17, 15) is 13.2 Å².